The zero-order valence-electron chi connectivity index (χ0n) is 63.1. The summed E-state index contributed by atoms with van der Waals surface area (Å²) in [4.78, 5) is 35.2. The first-order valence-electron chi connectivity index (χ1n) is 36.7. The molecule has 0 spiro atoms. The summed E-state index contributed by atoms with van der Waals surface area (Å²) in [7, 11) is -9.44. The number of nitrogens with one attached hydrogen (secondary N) is 3. The highest BCUT2D eigenvalue weighted by atomic mass is 32.2. The molecule has 1 heterocycles. The van der Waals surface area contributed by atoms with E-state index in [0.717, 1.165) is 166 Å². The second kappa shape index (κ2) is 35.3. The van der Waals surface area contributed by atoms with Gasteiger partial charge < -0.3 is 25.3 Å². The fraction of sp³-hybridized carbons (Fsp3) is 0.593. The Balaban J connectivity index is 1.92. The van der Waals surface area contributed by atoms with Crippen molar-refractivity contribution in [2.24, 2.45) is 39.5 Å². The molecule has 0 fully saturated rings. The van der Waals surface area contributed by atoms with E-state index >= 15 is 8.42 Å². The summed E-state index contributed by atoms with van der Waals surface area (Å²) in [6.45, 7) is 43.7. The highest BCUT2D eigenvalue weighted by Crippen LogP contribution is 2.48. The van der Waals surface area contributed by atoms with E-state index in [1.54, 1.807) is 34.6 Å². The summed E-state index contributed by atoms with van der Waals surface area (Å²) in [6.07, 6.45) is 15.9. The number of carbonyl (C=O) groups excluding carboxylic acids is 2. The number of anilines is 5. The fourth-order valence-electron chi connectivity index (χ4n) is 14.0. The lowest BCUT2D eigenvalue weighted by atomic mass is 9.91. The standard InChI is InChI=1S/C81H122N6O8S2/c1-21-29-35-59(25-5)49-86(50-60(26-6)36-30-22-2)68-43-64-69(45-66(68)82-76-53(9)41-55(11)78(57(76)13)84-73(88)47-80(15,16)17)95-70-46-67(83-77-54(10)42-56(12)79(58(77)14)85-74(89)48-81(18,19)20)72(44-65(70)75(64)63-39-33-34-40-71(63)97(92,93)94)96(90,91)87(51-61(27-7)37-31-23-3)52-62(28-8)38-32-24-4/h33-34,39-46,59-62,82H,21-32,35-38,47-52H2,1-20H3,(H,84,88)(H,85,89)(H,92,93,94). The van der Waals surface area contributed by atoms with Crippen molar-refractivity contribution in [1.82, 2.24) is 4.31 Å². The Labute approximate surface area is 585 Å². The third kappa shape index (κ3) is 21.2. The van der Waals surface area contributed by atoms with Gasteiger partial charge in [0.05, 0.1) is 22.4 Å². The zero-order chi connectivity index (χ0) is 71.9. The minimum absolute atomic E-state index is 0.0651. The minimum atomic E-state index is -4.93. The van der Waals surface area contributed by atoms with Crippen LogP contribution < -0.4 is 26.2 Å². The number of carbonyl (C=O) groups is 2. The molecule has 0 saturated heterocycles. The molecule has 2 aliphatic rings. The summed E-state index contributed by atoms with van der Waals surface area (Å²) < 4.78 is 82.0. The third-order valence-corrected chi connectivity index (χ3v) is 22.4. The number of sulfonamides is 1. The first kappa shape index (κ1) is 79.9. The molecule has 0 radical (unpaired) electrons. The lowest BCUT2D eigenvalue weighted by molar-refractivity contribution is -0.118. The summed E-state index contributed by atoms with van der Waals surface area (Å²) in [5.41, 5.74) is 9.88. The molecule has 1 aliphatic heterocycles. The Bertz CT molecular complexity index is 3900. The number of hydrogen-bond acceptors (Lipinski definition) is 10. The molecular formula is C81H122N6O8S2. The van der Waals surface area contributed by atoms with Crippen LogP contribution >= 0.6 is 0 Å². The van der Waals surface area contributed by atoms with Crippen LogP contribution in [0.15, 0.2) is 79.9 Å². The van der Waals surface area contributed by atoms with Crippen molar-refractivity contribution >= 4 is 77.0 Å². The van der Waals surface area contributed by atoms with E-state index in [1.807, 2.05) is 67.5 Å². The second-order valence-electron chi connectivity index (χ2n) is 30.6. The normalized spacial score (nSPS) is 13.9. The molecule has 4 aromatic rings. The molecule has 16 heteroatoms. The predicted molar refractivity (Wildman–Crippen MR) is 407 cm³/mol. The van der Waals surface area contributed by atoms with Gasteiger partial charge in [-0.2, -0.15) is 12.7 Å². The van der Waals surface area contributed by atoms with E-state index in [0.29, 0.717) is 70.4 Å². The van der Waals surface area contributed by atoms with E-state index in [2.05, 4.69) is 116 Å². The zero-order valence-corrected chi connectivity index (χ0v) is 64.7. The average Bonchev–Trinajstić information content (AvgIpc) is 0.726. The van der Waals surface area contributed by atoms with Crippen LogP contribution in [-0.2, 0) is 29.7 Å². The molecule has 1 aliphatic carbocycles. The summed E-state index contributed by atoms with van der Waals surface area (Å²) >= 11 is 0. The monoisotopic (exact) mass is 1370 g/mol. The maximum Gasteiger partial charge on any atom is 0.295 e. The largest absolute Gasteiger partial charge is 0.456 e. The van der Waals surface area contributed by atoms with Crippen LogP contribution in [0.1, 0.15) is 246 Å². The Hall–Kier alpha value is -6.07. The van der Waals surface area contributed by atoms with Gasteiger partial charge in [-0.15, -0.1) is 0 Å². The van der Waals surface area contributed by atoms with Crippen LogP contribution in [0.3, 0.4) is 0 Å². The summed E-state index contributed by atoms with van der Waals surface area (Å²) in [5, 5.41) is 11.1. The number of nitrogens with zero attached hydrogens (tertiary/aromatic N) is 3. The number of benzene rings is 5. The van der Waals surface area contributed by atoms with E-state index in [-0.39, 0.29) is 67.4 Å². The van der Waals surface area contributed by atoms with E-state index in [4.69, 9.17) is 9.41 Å². The number of aryl methyl sites for hydroxylation is 4. The number of hydrogen-bond donors (Lipinski definition) is 4. The first-order chi connectivity index (χ1) is 45.7. The van der Waals surface area contributed by atoms with Crippen molar-refractivity contribution in [3.8, 4) is 22.5 Å². The number of fused-ring (bicyclic) bond motifs is 2. The topological polar surface area (TPSA) is 191 Å². The van der Waals surface area contributed by atoms with Crippen molar-refractivity contribution in [2.75, 3.05) is 47.0 Å². The maximum atomic E-state index is 16.7. The Morgan fingerprint density at radius 2 is 1.00 bits per heavy atom. The van der Waals surface area contributed by atoms with Gasteiger partial charge in [-0.1, -0.05) is 204 Å². The van der Waals surface area contributed by atoms with Gasteiger partial charge in [0, 0.05) is 90.3 Å². The highest BCUT2D eigenvalue weighted by molar-refractivity contribution is 7.89. The predicted octanol–water partition coefficient (Wildman–Crippen LogP) is 21.7. The third-order valence-electron chi connectivity index (χ3n) is 19.7. The van der Waals surface area contributed by atoms with Crippen LogP contribution in [0.2, 0.25) is 0 Å². The molecule has 0 aromatic heterocycles. The molecule has 536 valence electrons. The van der Waals surface area contributed by atoms with Crippen LogP contribution in [-0.4, -0.2) is 63.7 Å². The fourth-order valence-corrected chi connectivity index (χ4v) is 16.5. The van der Waals surface area contributed by atoms with Gasteiger partial charge >= 0.3 is 0 Å². The molecule has 0 bridgehead atoms. The van der Waals surface area contributed by atoms with Crippen LogP contribution in [0.5, 0.6) is 0 Å². The molecule has 4 unspecified atom stereocenters. The Kier molecular flexibility index (Phi) is 29.1. The van der Waals surface area contributed by atoms with Crippen molar-refractivity contribution in [2.45, 2.75) is 264 Å². The quantitative estimate of drug-likeness (QED) is 0.0217. The molecule has 97 heavy (non-hydrogen) atoms. The Morgan fingerprint density at radius 1 is 0.546 bits per heavy atom. The van der Waals surface area contributed by atoms with Gasteiger partial charge in [0.15, 0.2) is 0 Å². The molecule has 4 N–H and O–H groups in total. The summed E-state index contributed by atoms with van der Waals surface area (Å²) in [6, 6.07) is 17.9. The second-order valence-corrected chi connectivity index (χ2v) is 33.9. The molecule has 4 aromatic carbocycles. The Morgan fingerprint density at radius 3 is 1.46 bits per heavy atom. The number of rotatable bonds is 36. The summed E-state index contributed by atoms with van der Waals surface area (Å²) in [5.74, 6) is 0.760. The van der Waals surface area contributed by atoms with Crippen LogP contribution in [0.4, 0.5) is 34.1 Å². The lowest BCUT2D eigenvalue weighted by Gasteiger charge is -2.35. The van der Waals surface area contributed by atoms with Crippen molar-refractivity contribution in [1.29, 1.82) is 0 Å². The van der Waals surface area contributed by atoms with Gasteiger partial charge in [-0.25, -0.2) is 13.4 Å². The van der Waals surface area contributed by atoms with Gasteiger partial charge in [0.2, 0.25) is 21.8 Å². The minimum Gasteiger partial charge on any atom is -0.456 e. The van der Waals surface area contributed by atoms with Gasteiger partial charge in [0.25, 0.3) is 10.1 Å². The van der Waals surface area contributed by atoms with Crippen LogP contribution in [0.25, 0.3) is 33.4 Å². The van der Waals surface area contributed by atoms with Gasteiger partial charge in [-0.3, -0.25) is 14.1 Å². The molecule has 0 saturated carbocycles. The van der Waals surface area contributed by atoms with Crippen LogP contribution in [0, 0.1) is 76.0 Å². The van der Waals surface area contributed by atoms with E-state index < -0.39 is 20.1 Å². The average molecular weight is 1370 g/mol. The first-order valence-corrected chi connectivity index (χ1v) is 39.6. The van der Waals surface area contributed by atoms with Gasteiger partial charge in [0.1, 0.15) is 21.1 Å². The lowest BCUT2D eigenvalue weighted by Crippen LogP contribution is -2.40. The molecule has 6 rings (SSSR count). The number of amides is 2. The van der Waals surface area contributed by atoms with Crippen molar-refractivity contribution in [3.63, 3.8) is 0 Å². The molecular weight excluding hydrogens is 1250 g/mol. The van der Waals surface area contributed by atoms with E-state index in [9.17, 15) is 22.6 Å². The maximum absolute atomic E-state index is 16.7. The molecule has 2 amide bonds. The number of unbranched alkanes of at least 4 members (excludes halogenated alkanes) is 4. The smallest absolute Gasteiger partial charge is 0.295 e. The molecule has 14 nitrogen and oxygen atoms in total. The van der Waals surface area contributed by atoms with Crippen molar-refractivity contribution < 1.29 is 35.4 Å². The SMILES string of the molecule is CCCCC(CC)CN(CC(CC)CCCC)c1cc2c(-c3ccccc3S(=O)(=O)O)c3cc(S(=O)(=O)N(CC(CC)CCCC)CC(CC)CCCC)c(=Nc4c(C)cc(C)c(NC(=O)CC(C)(C)C)c4C)cc-3oc2cc1Nc1c(C)cc(C)c(NC(=O)CC(C)(C)C)c1C. The van der Waals surface area contributed by atoms with Crippen molar-refractivity contribution in [3.05, 3.63) is 99.4 Å². The van der Waals surface area contributed by atoms with E-state index in [1.165, 1.54) is 6.07 Å². The molecule has 4 atom stereocenters. The highest BCUT2D eigenvalue weighted by Gasteiger charge is 2.35. The van der Waals surface area contributed by atoms with Gasteiger partial charge in [-0.05, 0) is 153 Å².